The van der Waals surface area contributed by atoms with Crippen LogP contribution in [-0.2, 0) is 16.0 Å². The zero-order valence-electron chi connectivity index (χ0n) is 21.2. The highest BCUT2D eigenvalue weighted by atomic mass is 35.5. The normalized spacial score (nSPS) is 12.1. The molecule has 1 amide bonds. The third-order valence-electron chi connectivity index (χ3n) is 5.27. The quantitative estimate of drug-likeness (QED) is 0.189. The number of aliphatic carboxylic acids is 1. The fraction of sp³-hybridized carbons (Fsp3) is 0.214. The van der Waals surface area contributed by atoms with Crippen LogP contribution in [0.15, 0.2) is 65.1 Å². The van der Waals surface area contributed by atoms with Gasteiger partial charge >= 0.3 is 18.0 Å². The molecule has 1 unspecified atom stereocenters. The molecule has 39 heavy (non-hydrogen) atoms. The molecule has 3 aromatic carbocycles. The molecule has 202 valence electrons. The van der Waals surface area contributed by atoms with Gasteiger partial charge in [0, 0.05) is 22.0 Å². The van der Waals surface area contributed by atoms with Gasteiger partial charge in [-0.05, 0) is 74.9 Å². The van der Waals surface area contributed by atoms with Crippen LogP contribution in [0.25, 0.3) is 22.6 Å². The summed E-state index contributed by atoms with van der Waals surface area (Å²) in [7, 11) is 0. The second-order valence-electron chi connectivity index (χ2n) is 9.64. The van der Waals surface area contributed by atoms with Gasteiger partial charge in [-0.2, -0.15) is 0 Å². The molecule has 2 N–H and O–H groups in total. The number of fused-ring (bicyclic) bond motifs is 1. The molecule has 0 spiro atoms. The highest BCUT2D eigenvalue weighted by molar-refractivity contribution is 6.35. The van der Waals surface area contributed by atoms with E-state index in [2.05, 4.69) is 10.3 Å². The number of rotatable bonds is 7. The van der Waals surface area contributed by atoms with E-state index in [1.165, 1.54) is 12.1 Å². The minimum absolute atomic E-state index is 0.0553. The molecule has 0 bridgehead atoms. The third-order valence-corrected chi connectivity index (χ3v) is 5.71. The maximum Gasteiger partial charge on any atom is 0.408 e. The number of carboxylic acids is 1. The van der Waals surface area contributed by atoms with Crippen molar-refractivity contribution in [1.82, 2.24) is 10.3 Å². The van der Waals surface area contributed by atoms with Gasteiger partial charge in [0.1, 0.15) is 22.9 Å². The van der Waals surface area contributed by atoms with Crippen molar-refractivity contribution in [3.05, 3.63) is 81.8 Å². The monoisotopic (exact) mass is 570 g/mol. The van der Waals surface area contributed by atoms with Crippen molar-refractivity contribution in [2.45, 2.75) is 38.8 Å². The molecule has 4 rings (SSSR count). The standard InChI is InChI=1S/C28H24Cl2N2O7/c1-28(2,3)39-27(36)32-22(25(33)34)10-15-5-4-6-20(9-15)37-26(35)16-7-8-21-23(13-16)38-24(31-21)17-11-18(29)14-19(30)12-17/h4-9,11-14,22H,10H2,1-3H3,(H,32,36)(H,33,34). The minimum atomic E-state index is -1.25. The highest BCUT2D eigenvalue weighted by Crippen LogP contribution is 2.30. The van der Waals surface area contributed by atoms with Gasteiger partial charge in [-0.15, -0.1) is 0 Å². The Kier molecular flexibility index (Phi) is 8.13. The largest absolute Gasteiger partial charge is 0.480 e. The first-order valence-corrected chi connectivity index (χ1v) is 12.5. The number of ether oxygens (including phenoxy) is 2. The zero-order valence-corrected chi connectivity index (χ0v) is 22.7. The maximum atomic E-state index is 12.9. The van der Waals surface area contributed by atoms with Crippen LogP contribution in [0.5, 0.6) is 5.75 Å². The van der Waals surface area contributed by atoms with Crippen molar-refractivity contribution in [3.63, 3.8) is 0 Å². The van der Waals surface area contributed by atoms with Crippen LogP contribution < -0.4 is 10.1 Å². The average Bonchev–Trinajstić information content (AvgIpc) is 3.26. The molecule has 9 nitrogen and oxygen atoms in total. The van der Waals surface area contributed by atoms with Crippen molar-refractivity contribution in [3.8, 4) is 17.2 Å². The molecule has 0 aliphatic carbocycles. The molecule has 4 aromatic rings. The number of alkyl carbamates (subject to hydrolysis) is 1. The Morgan fingerprint density at radius 3 is 2.41 bits per heavy atom. The Hall–Kier alpha value is -4.08. The van der Waals surface area contributed by atoms with Crippen LogP contribution in [0.2, 0.25) is 10.0 Å². The summed E-state index contributed by atoms with van der Waals surface area (Å²) in [6, 6.07) is 14.7. The van der Waals surface area contributed by atoms with Gasteiger partial charge in [-0.1, -0.05) is 35.3 Å². The molecule has 0 radical (unpaired) electrons. The lowest BCUT2D eigenvalue weighted by molar-refractivity contribution is -0.139. The van der Waals surface area contributed by atoms with E-state index in [9.17, 15) is 19.5 Å². The predicted molar refractivity (Wildman–Crippen MR) is 145 cm³/mol. The zero-order chi connectivity index (χ0) is 28.3. The second-order valence-corrected chi connectivity index (χ2v) is 10.5. The number of aromatic nitrogens is 1. The molecular weight excluding hydrogens is 547 g/mol. The van der Waals surface area contributed by atoms with E-state index in [-0.39, 0.29) is 17.7 Å². The number of carbonyl (C=O) groups excluding carboxylic acids is 2. The van der Waals surface area contributed by atoms with E-state index < -0.39 is 29.7 Å². The van der Waals surface area contributed by atoms with E-state index in [1.54, 1.807) is 69.3 Å². The number of halogens is 2. The van der Waals surface area contributed by atoms with Crippen LogP contribution in [-0.4, -0.2) is 39.8 Å². The molecule has 1 aromatic heterocycles. The Bertz CT molecular complexity index is 1540. The number of benzene rings is 3. The summed E-state index contributed by atoms with van der Waals surface area (Å²) in [4.78, 5) is 41.0. The molecule has 0 aliphatic heterocycles. The first kappa shape index (κ1) is 27.9. The Morgan fingerprint density at radius 1 is 1.03 bits per heavy atom. The molecule has 0 saturated heterocycles. The van der Waals surface area contributed by atoms with Gasteiger partial charge in [0.15, 0.2) is 5.58 Å². The third kappa shape index (κ3) is 7.49. The second kappa shape index (κ2) is 11.3. The van der Waals surface area contributed by atoms with Gasteiger partial charge in [-0.3, -0.25) is 0 Å². The summed E-state index contributed by atoms with van der Waals surface area (Å²) in [5.41, 5.74) is 1.44. The first-order chi connectivity index (χ1) is 18.4. The van der Waals surface area contributed by atoms with Crippen molar-refractivity contribution in [2.75, 3.05) is 0 Å². The summed E-state index contributed by atoms with van der Waals surface area (Å²) in [6.07, 6.45) is -0.901. The van der Waals surface area contributed by atoms with Crippen LogP contribution in [0, 0.1) is 0 Å². The number of hydrogen-bond donors (Lipinski definition) is 2. The number of esters is 1. The molecular formula is C28H24Cl2N2O7. The van der Waals surface area contributed by atoms with E-state index >= 15 is 0 Å². The maximum absolute atomic E-state index is 12.9. The van der Waals surface area contributed by atoms with Crippen LogP contribution in [0.1, 0.15) is 36.7 Å². The lowest BCUT2D eigenvalue weighted by Gasteiger charge is -2.22. The number of oxazole rings is 1. The van der Waals surface area contributed by atoms with E-state index in [1.807, 2.05) is 0 Å². The van der Waals surface area contributed by atoms with Gasteiger partial charge in [0.25, 0.3) is 0 Å². The number of nitrogens with one attached hydrogen (secondary N) is 1. The summed E-state index contributed by atoms with van der Waals surface area (Å²) < 4.78 is 16.5. The summed E-state index contributed by atoms with van der Waals surface area (Å²) in [6.45, 7) is 5.03. The number of nitrogens with zero attached hydrogens (tertiary/aromatic N) is 1. The lowest BCUT2D eigenvalue weighted by Crippen LogP contribution is -2.44. The fourth-order valence-corrected chi connectivity index (χ4v) is 4.17. The molecule has 0 fully saturated rings. The molecule has 1 heterocycles. The van der Waals surface area contributed by atoms with Crippen LogP contribution in [0.4, 0.5) is 4.79 Å². The predicted octanol–water partition coefficient (Wildman–Crippen LogP) is 6.54. The molecule has 0 saturated carbocycles. The first-order valence-electron chi connectivity index (χ1n) is 11.8. The lowest BCUT2D eigenvalue weighted by atomic mass is 10.1. The molecule has 0 aliphatic rings. The smallest absolute Gasteiger partial charge is 0.408 e. The minimum Gasteiger partial charge on any atom is -0.480 e. The SMILES string of the molecule is CC(C)(C)OC(=O)NC(Cc1cccc(OC(=O)c2ccc3nc(-c4cc(Cl)cc(Cl)c4)oc3c2)c1)C(=O)O. The van der Waals surface area contributed by atoms with Gasteiger partial charge < -0.3 is 24.3 Å². The average molecular weight is 571 g/mol. The van der Waals surface area contributed by atoms with E-state index in [4.69, 9.17) is 37.1 Å². The van der Waals surface area contributed by atoms with Crippen molar-refractivity contribution in [1.29, 1.82) is 0 Å². The van der Waals surface area contributed by atoms with E-state index in [0.717, 1.165) is 0 Å². The number of carboxylic acid groups (broad SMARTS) is 1. The number of hydrogen-bond acceptors (Lipinski definition) is 7. The Labute approximate surface area is 233 Å². The van der Waals surface area contributed by atoms with Crippen molar-refractivity contribution >= 4 is 52.3 Å². The number of carbonyl (C=O) groups is 3. The van der Waals surface area contributed by atoms with Gasteiger partial charge in [0.05, 0.1) is 5.56 Å². The van der Waals surface area contributed by atoms with Crippen LogP contribution >= 0.6 is 23.2 Å². The Morgan fingerprint density at radius 2 is 1.74 bits per heavy atom. The van der Waals surface area contributed by atoms with Gasteiger partial charge in [0.2, 0.25) is 5.89 Å². The number of amides is 1. The molecule has 1 atom stereocenters. The topological polar surface area (TPSA) is 128 Å². The molecule has 11 heteroatoms. The fourth-order valence-electron chi connectivity index (χ4n) is 3.64. The van der Waals surface area contributed by atoms with Crippen molar-refractivity contribution < 1.29 is 33.4 Å². The highest BCUT2D eigenvalue weighted by Gasteiger charge is 2.24. The van der Waals surface area contributed by atoms with Gasteiger partial charge in [-0.25, -0.2) is 19.4 Å². The van der Waals surface area contributed by atoms with Crippen molar-refractivity contribution in [2.24, 2.45) is 0 Å². The summed E-state index contributed by atoms with van der Waals surface area (Å²) >= 11 is 12.1. The summed E-state index contributed by atoms with van der Waals surface area (Å²) in [5.74, 6) is -1.39. The Balaban J connectivity index is 1.47. The van der Waals surface area contributed by atoms with E-state index in [0.29, 0.717) is 38.2 Å². The van der Waals surface area contributed by atoms with Crippen LogP contribution in [0.3, 0.4) is 0 Å². The summed E-state index contributed by atoms with van der Waals surface area (Å²) in [5, 5.41) is 12.8.